The van der Waals surface area contributed by atoms with Crippen molar-refractivity contribution in [3.05, 3.63) is 12.3 Å². The van der Waals surface area contributed by atoms with Crippen LogP contribution >= 0.6 is 0 Å². The van der Waals surface area contributed by atoms with Crippen molar-refractivity contribution in [3.63, 3.8) is 0 Å². The molecule has 0 spiro atoms. The van der Waals surface area contributed by atoms with Crippen LogP contribution in [0, 0.1) is 0 Å². The summed E-state index contributed by atoms with van der Waals surface area (Å²) in [5, 5.41) is 7.12. The van der Waals surface area contributed by atoms with Crippen LogP contribution in [0.5, 0.6) is 0 Å². The molecule has 2 nitrogen and oxygen atoms in total. The molecule has 0 radical (unpaired) electrons. The highest BCUT2D eigenvalue weighted by atomic mass is 15.1. The molecule has 0 saturated carbocycles. The SMILES string of the molecule is CC/C=C\N=N/C. The predicted octanol–water partition coefficient (Wildman–Crippen LogP) is 1.99. The van der Waals surface area contributed by atoms with E-state index in [1.807, 2.05) is 6.08 Å². The molecule has 0 aliphatic heterocycles. The number of hydrogen-bond donors (Lipinski definition) is 0. The zero-order valence-electron chi connectivity index (χ0n) is 4.76. The molecular weight excluding hydrogens is 88.1 g/mol. The molecule has 0 rings (SSSR count). The van der Waals surface area contributed by atoms with Crippen molar-refractivity contribution in [2.45, 2.75) is 13.3 Å². The number of allylic oxidation sites excluding steroid dienone is 1. The van der Waals surface area contributed by atoms with Crippen LogP contribution in [0.1, 0.15) is 13.3 Å². The van der Waals surface area contributed by atoms with Gasteiger partial charge in [0.25, 0.3) is 0 Å². The molecule has 0 atom stereocenters. The molecule has 0 amide bonds. The summed E-state index contributed by atoms with van der Waals surface area (Å²) < 4.78 is 0. The highest BCUT2D eigenvalue weighted by molar-refractivity contribution is 4.75. The summed E-state index contributed by atoms with van der Waals surface area (Å²) in [6, 6.07) is 0. The van der Waals surface area contributed by atoms with Crippen molar-refractivity contribution >= 4 is 0 Å². The average molecular weight is 98.1 g/mol. The van der Waals surface area contributed by atoms with Crippen LogP contribution in [-0.2, 0) is 0 Å². The summed E-state index contributed by atoms with van der Waals surface area (Å²) in [7, 11) is 1.65. The Morgan fingerprint density at radius 3 is 2.71 bits per heavy atom. The fourth-order valence-corrected chi connectivity index (χ4v) is 0.219. The first kappa shape index (κ1) is 6.34. The second kappa shape index (κ2) is 5.34. The first-order valence-corrected chi connectivity index (χ1v) is 2.35. The molecule has 0 fully saturated rings. The normalized spacial score (nSPS) is 11.7. The lowest BCUT2D eigenvalue weighted by Gasteiger charge is -1.70. The van der Waals surface area contributed by atoms with Crippen LogP contribution < -0.4 is 0 Å². The van der Waals surface area contributed by atoms with Crippen molar-refractivity contribution in [1.29, 1.82) is 0 Å². The molecule has 0 bridgehead atoms. The second-order valence-corrected chi connectivity index (χ2v) is 1.11. The lowest BCUT2D eigenvalue weighted by Crippen LogP contribution is -1.49. The number of azo groups is 1. The maximum absolute atomic E-state index is 3.61. The number of nitrogens with zero attached hydrogens (tertiary/aromatic N) is 2. The van der Waals surface area contributed by atoms with Gasteiger partial charge in [-0.25, -0.2) is 0 Å². The van der Waals surface area contributed by atoms with Gasteiger partial charge in [0.1, 0.15) is 0 Å². The van der Waals surface area contributed by atoms with E-state index in [-0.39, 0.29) is 0 Å². The van der Waals surface area contributed by atoms with E-state index in [1.54, 1.807) is 13.2 Å². The van der Waals surface area contributed by atoms with E-state index < -0.39 is 0 Å². The molecule has 0 aliphatic carbocycles. The van der Waals surface area contributed by atoms with Crippen molar-refractivity contribution in [3.8, 4) is 0 Å². The molecule has 0 saturated heterocycles. The fourth-order valence-electron chi connectivity index (χ4n) is 0.219. The van der Waals surface area contributed by atoms with E-state index in [2.05, 4.69) is 17.2 Å². The van der Waals surface area contributed by atoms with Crippen LogP contribution in [0.4, 0.5) is 0 Å². The molecule has 0 aromatic carbocycles. The van der Waals surface area contributed by atoms with Gasteiger partial charge in [0, 0.05) is 13.2 Å². The molecule has 2 heteroatoms. The number of hydrogen-bond acceptors (Lipinski definition) is 2. The molecule has 40 valence electrons. The van der Waals surface area contributed by atoms with Crippen LogP contribution in [0.2, 0.25) is 0 Å². The Morgan fingerprint density at radius 1 is 1.57 bits per heavy atom. The van der Waals surface area contributed by atoms with Gasteiger partial charge in [-0.3, -0.25) is 0 Å². The number of rotatable bonds is 2. The monoisotopic (exact) mass is 98.1 g/mol. The van der Waals surface area contributed by atoms with E-state index >= 15 is 0 Å². The lowest BCUT2D eigenvalue weighted by atomic mass is 10.5. The molecule has 0 aromatic heterocycles. The Morgan fingerprint density at radius 2 is 2.29 bits per heavy atom. The Balaban J connectivity index is 3.09. The van der Waals surface area contributed by atoms with E-state index in [9.17, 15) is 0 Å². The largest absolute Gasteiger partial charge is 0.193 e. The molecule has 7 heavy (non-hydrogen) atoms. The van der Waals surface area contributed by atoms with Gasteiger partial charge in [-0.1, -0.05) is 13.0 Å². The smallest absolute Gasteiger partial charge is 0.0491 e. The van der Waals surface area contributed by atoms with Crippen molar-refractivity contribution < 1.29 is 0 Å². The Hall–Kier alpha value is -0.660. The van der Waals surface area contributed by atoms with Crippen molar-refractivity contribution in [1.82, 2.24) is 0 Å². The molecule has 0 N–H and O–H groups in total. The molecule has 0 unspecified atom stereocenters. The first-order chi connectivity index (χ1) is 3.41. The van der Waals surface area contributed by atoms with Gasteiger partial charge in [-0.2, -0.15) is 10.2 Å². The second-order valence-electron chi connectivity index (χ2n) is 1.11. The van der Waals surface area contributed by atoms with E-state index in [0.717, 1.165) is 6.42 Å². The standard InChI is InChI=1S/C5H10N2/c1-3-4-5-7-6-2/h4-5H,3H2,1-2H3/b5-4-,7-6-. The minimum Gasteiger partial charge on any atom is -0.193 e. The average Bonchev–Trinajstić information content (AvgIpc) is 1.69. The van der Waals surface area contributed by atoms with E-state index in [1.165, 1.54) is 0 Å². The van der Waals surface area contributed by atoms with Gasteiger partial charge in [-0.05, 0) is 6.42 Å². The van der Waals surface area contributed by atoms with Crippen molar-refractivity contribution in [2.75, 3.05) is 7.05 Å². The minimum atomic E-state index is 1.03. The molecular formula is C5H10N2. The van der Waals surface area contributed by atoms with E-state index in [4.69, 9.17) is 0 Å². The van der Waals surface area contributed by atoms with E-state index in [0.29, 0.717) is 0 Å². The summed E-state index contributed by atoms with van der Waals surface area (Å²) in [6.07, 6.45) is 4.67. The van der Waals surface area contributed by atoms with Gasteiger partial charge in [0.05, 0.1) is 0 Å². The van der Waals surface area contributed by atoms with Gasteiger partial charge in [0.2, 0.25) is 0 Å². The van der Waals surface area contributed by atoms with Crippen LogP contribution in [0.25, 0.3) is 0 Å². The topological polar surface area (TPSA) is 24.7 Å². The third-order valence-corrected chi connectivity index (χ3v) is 0.523. The summed E-state index contributed by atoms with van der Waals surface area (Å²) in [6.45, 7) is 2.06. The maximum atomic E-state index is 3.61. The first-order valence-electron chi connectivity index (χ1n) is 2.35. The van der Waals surface area contributed by atoms with Gasteiger partial charge in [0.15, 0.2) is 0 Å². The zero-order valence-corrected chi connectivity index (χ0v) is 4.76. The molecule has 0 aliphatic rings. The lowest BCUT2D eigenvalue weighted by molar-refractivity contribution is 1.13. The Kier molecular flexibility index (Phi) is 4.84. The highest BCUT2D eigenvalue weighted by Gasteiger charge is 1.58. The van der Waals surface area contributed by atoms with Crippen LogP contribution in [-0.4, -0.2) is 7.05 Å². The zero-order chi connectivity index (χ0) is 5.54. The highest BCUT2D eigenvalue weighted by Crippen LogP contribution is 1.79. The summed E-state index contributed by atoms with van der Waals surface area (Å²) in [5.41, 5.74) is 0. The minimum absolute atomic E-state index is 1.03. The molecule has 0 heterocycles. The summed E-state index contributed by atoms with van der Waals surface area (Å²) in [5.74, 6) is 0. The maximum Gasteiger partial charge on any atom is 0.0491 e. The third kappa shape index (κ3) is 5.34. The summed E-state index contributed by atoms with van der Waals surface area (Å²) in [4.78, 5) is 0. The van der Waals surface area contributed by atoms with Crippen molar-refractivity contribution in [2.24, 2.45) is 10.2 Å². The van der Waals surface area contributed by atoms with Gasteiger partial charge < -0.3 is 0 Å². The fraction of sp³-hybridized carbons (Fsp3) is 0.600. The Bertz CT molecular complexity index is 74.1. The third-order valence-electron chi connectivity index (χ3n) is 0.523. The predicted molar refractivity (Wildman–Crippen MR) is 30.2 cm³/mol. The van der Waals surface area contributed by atoms with Gasteiger partial charge >= 0.3 is 0 Å². The quantitative estimate of drug-likeness (QED) is 0.472. The van der Waals surface area contributed by atoms with Crippen LogP contribution in [0.15, 0.2) is 22.5 Å². The summed E-state index contributed by atoms with van der Waals surface area (Å²) >= 11 is 0. The molecule has 0 aromatic rings. The van der Waals surface area contributed by atoms with Crippen LogP contribution in [0.3, 0.4) is 0 Å². The van der Waals surface area contributed by atoms with Gasteiger partial charge in [-0.15, -0.1) is 0 Å². The Labute approximate surface area is 44.0 Å².